The molecule has 0 aromatic rings. The van der Waals surface area contributed by atoms with Gasteiger partial charge in [-0.2, -0.15) is 0 Å². The summed E-state index contributed by atoms with van der Waals surface area (Å²) >= 11 is 0. The van der Waals surface area contributed by atoms with Gasteiger partial charge >= 0.3 is 0 Å². The van der Waals surface area contributed by atoms with Crippen molar-refractivity contribution in [3.8, 4) is 0 Å². The molecule has 12 heavy (non-hydrogen) atoms. The van der Waals surface area contributed by atoms with E-state index in [4.69, 9.17) is 5.73 Å². The lowest BCUT2D eigenvalue weighted by Gasteiger charge is -2.39. The Kier molecular flexibility index (Phi) is 2.94. The summed E-state index contributed by atoms with van der Waals surface area (Å²) in [5.41, 5.74) is 7.63. The van der Waals surface area contributed by atoms with Crippen molar-refractivity contribution in [3.63, 3.8) is 0 Å². The second-order valence-corrected chi connectivity index (χ2v) is 4.51. The monoisotopic (exact) mass is 167 g/mol. The van der Waals surface area contributed by atoms with Gasteiger partial charge < -0.3 is 5.73 Å². The van der Waals surface area contributed by atoms with Crippen molar-refractivity contribution in [1.29, 1.82) is 0 Å². The van der Waals surface area contributed by atoms with E-state index >= 15 is 0 Å². The van der Waals surface area contributed by atoms with Gasteiger partial charge in [0, 0.05) is 5.54 Å². The molecule has 0 aromatic heterocycles. The predicted octanol–water partition coefficient (Wildman–Crippen LogP) is 2.86. The lowest BCUT2D eigenvalue weighted by Crippen LogP contribution is -2.48. The highest BCUT2D eigenvalue weighted by atomic mass is 14.8. The summed E-state index contributed by atoms with van der Waals surface area (Å²) in [6.45, 7) is 8.31. The summed E-state index contributed by atoms with van der Waals surface area (Å²) in [7, 11) is 0. The minimum absolute atomic E-state index is 0.0596. The molecule has 0 bridgehead atoms. The van der Waals surface area contributed by atoms with Crippen LogP contribution in [0.5, 0.6) is 0 Å². The van der Waals surface area contributed by atoms with E-state index in [1.54, 1.807) is 0 Å². The van der Waals surface area contributed by atoms with Gasteiger partial charge in [-0.3, -0.25) is 0 Å². The van der Waals surface area contributed by atoms with Crippen LogP contribution in [0.2, 0.25) is 0 Å². The fourth-order valence-electron chi connectivity index (χ4n) is 2.26. The molecule has 1 aliphatic carbocycles. The maximum atomic E-state index is 6.34. The normalized spacial score (nSPS) is 36.4. The molecule has 1 fully saturated rings. The summed E-state index contributed by atoms with van der Waals surface area (Å²) in [5.74, 6) is 0.669. The van der Waals surface area contributed by atoms with Gasteiger partial charge in [-0.15, -0.1) is 6.58 Å². The number of hydrogen-bond donors (Lipinski definition) is 1. The molecule has 0 amide bonds. The fourth-order valence-corrected chi connectivity index (χ4v) is 2.26. The van der Waals surface area contributed by atoms with Gasteiger partial charge in [-0.1, -0.05) is 25.3 Å². The zero-order chi connectivity index (χ0) is 9.19. The lowest BCUT2D eigenvalue weighted by molar-refractivity contribution is 0.204. The highest BCUT2D eigenvalue weighted by Crippen LogP contribution is 2.35. The average Bonchev–Trinajstić information content (AvgIpc) is 1.94. The van der Waals surface area contributed by atoms with Crippen LogP contribution in [-0.2, 0) is 0 Å². The van der Waals surface area contributed by atoms with Crippen LogP contribution in [0.1, 0.15) is 46.0 Å². The van der Waals surface area contributed by atoms with Gasteiger partial charge in [0.05, 0.1) is 0 Å². The Morgan fingerprint density at radius 2 is 2.25 bits per heavy atom. The number of rotatable bonds is 2. The molecule has 70 valence electrons. The van der Waals surface area contributed by atoms with Gasteiger partial charge in [0.25, 0.3) is 0 Å². The summed E-state index contributed by atoms with van der Waals surface area (Å²) in [4.78, 5) is 0. The summed E-state index contributed by atoms with van der Waals surface area (Å²) in [5, 5.41) is 0. The first-order valence-corrected chi connectivity index (χ1v) is 4.98. The molecule has 2 unspecified atom stereocenters. The molecule has 1 saturated carbocycles. The second kappa shape index (κ2) is 3.61. The van der Waals surface area contributed by atoms with E-state index in [2.05, 4.69) is 20.4 Å². The predicted molar refractivity (Wildman–Crippen MR) is 54.0 cm³/mol. The van der Waals surface area contributed by atoms with Crippen LogP contribution >= 0.6 is 0 Å². The Morgan fingerprint density at radius 1 is 1.58 bits per heavy atom. The van der Waals surface area contributed by atoms with Crippen molar-refractivity contribution in [2.75, 3.05) is 0 Å². The van der Waals surface area contributed by atoms with Crippen molar-refractivity contribution < 1.29 is 0 Å². The van der Waals surface area contributed by atoms with E-state index in [1.807, 2.05) is 0 Å². The highest BCUT2D eigenvalue weighted by Gasteiger charge is 2.33. The Balaban J connectivity index is 2.59. The third kappa shape index (κ3) is 2.10. The van der Waals surface area contributed by atoms with Crippen LogP contribution in [0, 0.1) is 5.92 Å². The smallest absolute Gasteiger partial charge is 0.0217 e. The van der Waals surface area contributed by atoms with Crippen LogP contribution in [0.15, 0.2) is 12.2 Å². The number of nitrogens with two attached hydrogens (primary N) is 1. The summed E-state index contributed by atoms with van der Waals surface area (Å²) in [6.07, 6.45) is 6.14. The minimum atomic E-state index is 0.0596. The largest absolute Gasteiger partial charge is 0.325 e. The SMILES string of the molecule is C=C(C)CC1(N)CCCCC1C. The fraction of sp³-hybridized carbons (Fsp3) is 0.818. The van der Waals surface area contributed by atoms with Crippen LogP contribution in [0.3, 0.4) is 0 Å². The Bertz CT molecular complexity index is 174. The van der Waals surface area contributed by atoms with E-state index in [9.17, 15) is 0 Å². The molecule has 2 atom stereocenters. The molecule has 0 saturated heterocycles. The van der Waals surface area contributed by atoms with Crippen LogP contribution in [0.25, 0.3) is 0 Å². The van der Waals surface area contributed by atoms with Gasteiger partial charge in [0.2, 0.25) is 0 Å². The van der Waals surface area contributed by atoms with E-state index in [0.29, 0.717) is 5.92 Å². The topological polar surface area (TPSA) is 26.0 Å². The first kappa shape index (κ1) is 9.79. The Hall–Kier alpha value is -0.300. The minimum Gasteiger partial charge on any atom is -0.325 e. The molecule has 1 aliphatic rings. The molecule has 0 spiro atoms. The standard InChI is InChI=1S/C11H21N/c1-9(2)8-11(12)7-5-4-6-10(11)3/h10H,1,4-8,12H2,2-3H3. The molecule has 0 radical (unpaired) electrons. The van der Waals surface area contributed by atoms with Gasteiger partial charge in [0.15, 0.2) is 0 Å². The van der Waals surface area contributed by atoms with Crippen molar-refractivity contribution in [2.45, 2.75) is 51.5 Å². The average molecular weight is 167 g/mol. The van der Waals surface area contributed by atoms with Crippen LogP contribution in [0.4, 0.5) is 0 Å². The van der Waals surface area contributed by atoms with E-state index < -0.39 is 0 Å². The zero-order valence-electron chi connectivity index (χ0n) is 8.40. The molecule has 0 heterocycles. The molecular formula is C11H21N. The summed E-state index contributed by atoms with van der Waals surface area (Å²) in [6, 6.07) is 0. The first-order valence-electron chi connectivity index (χ1n) is 4.98. The van der Waals surface area contributed by atoms with Crippen LogP contribution in [-0.4, -0.2) is 5.54 Å². The maximum absolute atomic E-state index is 6.34. The molecule has 0 aliphatic heterocycles. The zero-order valence-corrected chi connectivity index (χ0v) is 8.40. The molecule has 0 aromatic carbocycles. The molecule has 1 nitrogen and oxygen atoms in total. The van der Waals surface area contributed by atoms with E-state index in [1.165, 1.54) is 31.3 Å². The second-order valence-electron chi connectivity index (χ2n) is 4.51. The first-order chi connectivity index (χ1) is 5.54. The van der Waals surface area contributed by atoms with Crippen molar-refractivity contribution in [1.82, 2.24) is 0 Å². The quantitative estimate of drug-likeness (QED) is 0.629. The van der Waals surface area contributed by atoms with Crippen molar-refractivity contribution >= 4 is 0 Å². The van der Waals surface area contributed by atoms with Crippen molar-refractivity contribution in [3.05, 3.63) is 12.2 Å². The van der Waals surface area contributed by atoms with E-state index in [-0.39, 0.29) is 5.54 Å². The Labute approximate surface area is 76.0 Å². The molecule has 1 rings (SSSR count). The van der Waals surface area contributed by atoms with Crippen LogP contribution < -0.4 is 5.73 Å². The third-order valence-corrected chi connectivity index (χ3v) is 3.14. The Morgan fingerprint density at radius 3 is 2.75 bits per heavy atom. The summed E-state index contributed by atoms with van der Waals surface area (Å²) < 4.78 is 0. The molecular weight excluding hydrogens is 146 g/mol. The van der Waals surface area contributed by atoms with E-state index in [0.717, 1.165) is 6.42 Å². The lowest BCUT2D eigenvalue weighted by atomic mass is 9.71. The maximum Gasteiger partial charge on any atom is 0.0217 e. The third-order valence-electron chi connectivity index (χ3n) is 3.14. The van der Waals surface area contributed by atoms with Gasteiger partial charge in [-0.25, -0.2) is 0 Å². The van der Waals surface area contributed by atoms with Gasteiger partial charge in [-0.05, 0) is 32.1 Å². The molecule has 1 heteroatoms. The molecule has 2 N–H and O–H groups in total. The van der Waals surface area contributed by atoms with Crippen molar-refractivity contribution in [2.24, 2.45) is 11.7 Å². The number of hydrogen-bond acceptors (Lipinski definition) is 1. The van der Waals surface area contributed by atoms with Gasteiger partial charge in [0.1, 0.15) is 0 Å². The highest BCUT2D eigenvalue weighted by molar-refractivity contribution is 5.03.